The highest BCUT2D eigenvalue weighted by Gasteiger charge is 2.27. The van der Waals surface area contributed by atoms with Gasteiger partial charge in [-0.3, -0.25) is 4.57 Å². The molecule has 114 valence electrons. The van der Waals surface area contributed by atoms with Crippen LogP contribution in [0.1, 0.15) is 19.9 Å². The number of sulfonamides is 1. The van der Waals surface area contributed by atoms with Crippen molar-refractivity contribution in [1.29, 1.82) is 0 Å². The van der Waals surface area contributed by atoms with Gasteiger partial charge < -0.3 is 4.74 Å². The van der Waals surface area contributed by atoms with Crippen molar-refractivity contribution in [2.24, 2.45) is 5.14 Å². The Hall–Kier alpha value is -2.00. The zero-order chi connectivity index (χ0) is 15.8. The Balaban J connectivity index is 2.81. The Morgan fingerprint density at radius 2 is 2.00 bits per heavy atom. The maximum absolute atomic E-state index is 14.1. The summed E-state index contributed by atoms with van der Waals surface area (Å²) in [6.45, 7) is 3.43. The van der Waals surface area contributed by atoms with Gasteiger partial charge in [-0.05, 0) is 26.0 Å². The maximum atomic E-state index is 14.1. The van der Waals surface area contributed by atoms with E-state index in [-0.39, 0.29) is 23.2 Å². The first kappa shape index (κ1) is 15.4. The molecular formula is C12H15FN4O3S. The van der Waals surface area contributed by atoms with Crippen molar-refractivity contribution in [2.45, 2.75) is 25.0 Å². The maximum Gasteiger partial charge on any atom is 0.273 e. The normalized spacial score (nSPS) is 11.9. The summed E-state index contributed by atoms with van der Waals surface area (Å²) in [5.74, 6) is -0.320. The third-order valence-electron chi connectivity index (χ3n) is 2.85. The molecule has 7 nitrogen and oxygen atoms in total. The first-order valence-electron chi connectivity index (χ1n) is 6.08. The molecule has 1 aromatic heterocycles. The smallest absolute Gasteiger partial charge is 0.273 e. The third-order valence-corrected chi connectivity index (χ3v) is 3.64. The fourth-order valence-corrected chi connectivity index (χ4v) is 2.72. The molecule has 0 unspecified atom stereocenters. The number of methoxy groups -OCH3 is 1. The van der Waals surface area contributed by atoms with Gasteiger partial charge in [0.25, 0.3) is 15.2 Å². The van der Waals surface area contributed by atoms with E-state index in [1.54, 1.807) is 19.9 Å². The van der Waals surface area contributed by atoms with Crippen LogP contribution in [0.5, 0.6) is 5.75 Å². The Morgan fingerprint density at radius 1 is 1.33 bits per heavy atom. The number of aromatic nitrogens is 3. The molecule has 1 aromatic carbocycles. The monoisotopic (exact) mass is 314 g/mol. The average Bonchev–Trinajstić information content (AvgIpc) is 2.82. The van der Waals surface area contributed by atoms with Crippen LogP contribution in [0.15, 0.2) is 23.4 Å². The van der Waals surface area contributed by atoms with E-state index in [0.29, 0.717) is 0 Å². The minimum Gasteiger partial charge on any atom is -0.496 e. The summed E-state index contributed by atoms with van der Waals surface area (Å²) in [6.07, 6.45) is 0. The van der Waals surface area contributed by atoms with Gasteiger partial charge in [0.05, 0.1) is 12.7 Å². The summed E-state index contributed by atoms with van der Waals surface area (Å²) in [6, 6.07) is 3.92. The van der Waals surface area contributed by atoms with Crippen LogP contribution in [0.3, 0.4) is 0 Å². The fourth-order valence-electron chi connectivity index (χ4n) is 2.00. The molecule has 0 aliphatic heterocycles. The number of halogens is 1. The lowest BCUT2D eigenvalue weighted by atomic mass is 10.1. The molecule has 2 rings (SSSR count). The predicted octanol–water partition coefficient (Wildman–Crippen LogP) is 1.32. The minimum absolute atomic E-state index is 0.0381. The van der Waals surface area contributed by atoms with Gasteiger partial charge in [0.2, 0.25) is 0 Å². The minimum atomic E-state index is -4.07. The van der Waals surface area contributed by atoms with Crippen LogP contribution in [-0.2, 0) is 10.0 Å². The molecule has 0 aliphatic carbocycles. The Bertz CT molecular complexity index is 771. The van der Waals surface area contributed by atoms with Crippen molar-refractivity contribution < 1.29 is 17.5 Å². The van der Waals surface area contributed by atoms with Crippen LogP contribution >= 0.6 is 0 Å². The number of rotatable bonds is 4. The van der Waals surface area contributed by atoms with Gasteiger partial charge in [0.1, 0.15) is 11.6 Å². The van der Waals surface area contributed by atoms with Gasteiger partial charge in [-0.25, -0.2) is 17.9 Å². The highest BCUT2D eigenvalue weighted by atomic mass is 32.2. The number of ether oxygens (including phenoxy) is 1. The molecule has 0 radical (unpaired) electrons. The molecule has 0 bridgehead atoms. The number of primary sulfonamides is 1. The first-order chi connectivity index (χ1) is 9.77. The molecular weight excluding hydrogens is 299 g/mol. The molecule has 0 saturated heterocycles. The summed E-state index contributed by atoms with van der Waals surface area (Å²) in [5.41, 5.74) is 0.0381. The zero-order valence-electron chi connectivity index (χ0n) is 11.7. The van der Waals surface area contributed by atoms with E-state index < -0.39 is 21.0 Å². The van der Waals surface area contributed by atoms with Gasteiger partial charge in [-0.2, -0.15) is 0 Å². The van der Waals surface area contributed by atoms with E-state index in [0.717, 1.165) is 0 Å². The van der Waals surface area contributed by atoms with Crippen molar-refractivity contribution in [3.05, 3.63) is 24.0 Å². The Labute approximate surface area is 121 Å². The number of hydrogen-bond donors (Lipinski definition) is 1. The van der Waals surface area contributed by atoms with E-state index in [1.165, 1.54) is 23.8 Å². The molecule has 1 heterocycles. The standard InChI is InChI=1S/C12H15FN4O3S/c1-7(2)17-11(15-16-12(17)21(14,18)19)10-8(13)5-4-6-9(10)20-3/h4-7H,1-3H3,(H2,14,18,19). The number of benzene rings is 1. The van der Waals surface area contributed by atoms with Gasteiger partial charge in [-0.15, -0.1) is 10.2 Å². The largest absolute Gasteiger partial charge is 0.496 e. The predicted molar refractivity (Wildman–Crippen MR) is 73.7 cm³/mol. The molecule has 0 atom stereocenters. The molecule has 9 heteroatoms. The molecule has 2 N–H and O–H groups in total. The van der Waals surface area contributed by atoms with Crippen LogP contribution in [0.2, 0.25) is 0 Å². The van der Waals surface area contributed by atoms with Gasteiger partial charge in [0.15, 0.2) is 5.82 Å². The molecule has 0 aliphatic rings. The van der Waals surface area contributed by atoms with Crippen molar-refractivity contribution in [1.82, 2.24) is 14.8 Å². The van der Waals surface area contributed by atoms with E-state index >= 15 is 0 Å². The van der Waals surface area contributed by atoms with Crippen LogP contribution < -0.4 is 9.88 Å². The van der Waals surface area contributed by atoms with Crippen molar-refractivity contribution in [3.8, 4) is 17.1 Å². The SMILES string of the molecule is COc1cccc(F)c1-c1nnc(S(N)(=O)=O)n1C(C)C. The lowest BCUT2D eigenvalue weighted by Gasteiger charge is -2.15. The van der Waals surface area contributed by atoms with Crippen molar-refractivity contribution >= 4 is 10.0 Å². The lowest BCUT2D eigenvalue weighted by molar-refractivity contribution is 0.412. The van der Waals surface area contributed by atoms with Gasteiger partial charge in [0, 0.05) is 6.04 Å². The molecule has 0 spiro atoms. The molecule has 0 amide bonds. The van der Waals surface area contributed by atoms with Crippen LogP contribution in [-0.4, -0.2) is 30.3 Å². The highest BCUT2D eigenvalue weighted by molar-refractivity contribution is 7.89. The second-order valence-corrected chi connectivity index (χ2v) is 6.09. The Morgan fingerprint density at radius 3 is 2.52 bits per heavy atom. The molecule has 0 saturated carbocycles. The van der Waals surface area contributed by atoms with E-state index in [4.69, 9.17) is 9.88 Å². The van der Waals surface area contributed by atoms with Crippen LogP contribution in [0.25, 0.3) is 11.4 Å². The van der Waals surface area contributed by atoms with E-state index in [9.17, 15) is 12.8 Å². The zero-order valence-corrected chi connectivity index (χ0v) is 12.6. The summed E-state index contributed by atoms with van der Waals surface area (Å²) in [5, 5.41) is 12.1. The Kier molecular flexibility index (Phi) is 3.97. The topological polar surface area (TPSA) is 100 Å². The summed E-state index contributed by atoms with van der Waals surface area (Å²) >= 11 is 0. The lowest BCUT2D eigenvalue weighted by Crippen LogP contribution is -2.20. The summed E-state index contributed by atoms with van der Waals surface area (Å²) in [4.78, 5) is 0. The quantitative estimate of drug-likeness (QED) is 0.917. The average molecular weight is 314 g/mol. The summed E-state index contributed by atoms with van der Waals surface area (Å²) < 4.78 is 43.6. The van der Waals surface area contributed by atoms with Gasteiger partial charge >= 0.3 is 0 Å². The molecule has 21 heavy (non-hydrogen) atoms. The van der Waals surface area contributed by atoms with Crippen molar-refractivity contribution in [2.75, 3.05) is 7.11 Å². The third kappa shape index (κ3) is 2.74. The first-order valence-corrected chi connectivity index (χ1v) is 7.62. The second-order valence-electron chi connectivity index (χ2n) is 4.63. The highest BCUT2D eigenvalue weighted by Crippen LogP contribution is 2.33. The second kappa shape index (κ2) is 5.41. The van der Waals surface area contributed by atoms with Crippen LogP contribution in [0.4, 0.5) is 4.39 Å². The van der Waals surface area contributed by atoms with Gasteiger partial charge in [-0.1, -0.05) is 6.07 Å². The van der Waals surface area contributed by atoms with Crippen molar-refractivity contribution in [3.63, 3.8) is 0 Å². The number of hydrogen-bond acceptors (Lipinski definition) is 5. The summed E-state index contributed by atoms with van der Waals surface area (Å²) in [7, 11) is -2.69. The molecule has 0 fully saturated rings. The number of nitrogens with zero attached hydrogens (tertiary/aromatic N) is 3. The van der Waals surface area contributed by atoms with Crippen LogP contribution in [0, 0.1) is 5.82 Å². The van der Waals surface area contributed by atoms with E-state index in [1.807, 2.05) is 0 Å². The molecule has 2 aromatic rings. The van der Waals surface area contributed by atoms with E-state index in [2.05, 4.69) is 10.2 Å². The fraction of sp³-hybridized carbons (Fsp3) is 0.333. The number of nitrogens with two attached hydrogens (primary N) is 1.